The first-order valence-electron chi connectivity index (χ1n) is 11.5. The Morgan fingerprint density at radius 2 is 1.91 bits per heavy atom. The monoisotopic (exact) mass is 505 g/mol. The number of halogens is 1. The highest BCUT2D eigenvalue weighted by atomic mass is 79.9. The van der Waals surface area contributed by atoms with Gasteiger partial charge in [0.25, 0.3) is 0 Å². The van der Waals surface area contributed by atoms with Gasteiger partial charge in [-0.25, -0.2) is 4.79 Å². The molecule has 32 heavy (non-hydrogen) atoms. The predicted octanol–water partition coefficient (Wildman–Crippen LogP) is 7.52. The van der Waals surface area contributed by atoms with Gasteiger partial charge in [0.15, 0.2) is 0 Å². The van der Waals surface area contributed by atoms with Crippen LogP contribution in [0.3, 0.4) is 0 Å². The van der Waals surface area contributed by atoms with E-state index >= 15 is 0 Å². The molecular weight excluding hydrogens is 470 g/mol. The van der Waals surface area contributed by atoms with Crippen molar-refractivity contribution in [2.24, 2.45) is 5.92 Å². The van der Waals surface area contributed by atoms with Crippen LogP contribution in [0.15, 0.2) is 28.3 Å². The smallest absolute Gasteiger partial charge is 0.414 e. The van der Waals surface area contributed by atoms with Gasteiger partial charge in [-0.3, -0.25) is 4.90 Å². The summed E-state index contributed by atoms with van der Waals surface area (Å²) in [6, 6.07) is 0. The number of benzene rings is 1. The van der Waals surface area contributed by atoms with Crippen molar-refractivity contribution in [1.29, 1.82) is 0 Å². The van der Waals surface area contributed by atoms with Crippen LogP contribution in [0, 0.1) is 5.92 Å². The van der Waals surface area contributed by atoms with E-state index < -0.39 is 11.7 Å². The molecule has 1 amide bonds. The molecule has 0 unspecified atom stereocenters. The minimum Gasteiger partial charge on any atom is -0.507 e. The SMILES string of the molecule is C=C(C)[C@@H]1CCC(C)=C[C@H]1c1c(O)c(Br)c2c(c1O)[C@H](CC)CCN2C(=O)OC(C)(C)C. The van der Waals surface area contributed by atoms with Crippen LogP contribution in [0.25, 0.3) is 0 Å². The summed E-state index contributed by atoms with van der Waals surface area (Å²) >= 11 is 3.58. The van der Waals surface area contributed by atoms with Gasteiger partial charge in [-0.05, 0) is 88.1 Å². The van der Waals surface area contributed by atoms with E-state index in [-0.39, 0.29) is 29.3 Å². The third kappa shape index (κ3) is 4.57. The lowest BCUT2D eigenvalue weighted by Crippen LogP contribution is -2.41. The predicted molar refractivity (Wildman–Crippen MR) is 133 cm³/mol. The molecule has 0 radical (unpaired) electrons. The maximum absolute atomic E-state index is 13.0. The Hall–Kier alpha value is -1.95. The maximum Gasteiger partial charge on any atom is 0.414 e. The first-order valence-corrected chi connectivity index (χ1v) is 12.3. The molecule has 0 saturated heterocycles. The normalized spacial score (nSPS) is 23.4. The molecule has 1 aliphatic heterocycles. The van der Waals surface area contributed by atoms with Gasteiger partial charge in [0.2, 0.25) is 0 Å². The summed E-state index contributed by atoms with van der Waals surface area (Å²) in [4.78, 5) is 14.6. The number of hydrogen-bond acceptors (Lipinski definition) is 4. The zero-order chi connectivity index (χ0) is 24.0. The number of hydrogen-bond donors (Lipinski definition) is 2. The number of ether oxygens (including phenoxy) is 1. The molecule has 6 heteroatoms. The van der Waals surface area contributed by atoms with Gasteiger partial charge in [-0.1, -0.05) is 30.7 Å². The number of carbonyl (C=O) groups excluding carboxylic acids is 1. The van der Waals surface area contributed by atoms with E-state index in [0.717, 1.165) is 31.3 Å². The van der Waals surface area contributed by atoms with Crippen LogP contribution in [0.1, 0.15) is 90.2 Å². The molecule has 0 spiro atoms. The fraction of sp³-hybridized carbons (Fsp3) is 0.577. The molecule has 5 nitrogen and oxygen atoms in total. The Balaban J connectivity index is 2.23. The Bertz CT molecular complexity index is 960. The van der Waals surface area contributed by atoms with E-state index in [2.05, 4.69) is 42.4 Å². The average Bonchev–Trinajstić information content (AvgIpc) is 2.69. The van der Waals surface area contributed by atoms with Crippen molar-refractivity contribution in [2.45, 2.75) is 84.7 Å². The van der Waals surface area contributed by atoms with Gasteiger partial charge in [-0.2, -0.15) is 0 Å². The van der Waals surface area contributed by atoms with Gasteiger partial charge >= 0.3 is 6.09 Å². The van der Waals surface area contributed by atoms with Crippen molar-refractivity contribution in [3.8, 4) is 11.5 Å². The molecule has 1 aliphatic carbocycles. The topological polar surface area (TPSA) is 70.0 Å². The molecule has 0 saturated carbocycles. The second kappa shape index (κ2) is 9.12. The van der Waals surface area contributed by atoms with Crippen molar-refractivity contribution >= 4 is 27.7 Å². The Morgan fingerprint density at radius 3 is 2.47 bits per heavy atom. The van der Waals surface area contributed by atoms with Crippen LogP contribution in [-0.4, -0.2) is 28.5 Å². The van der Waals surface area contributed by atoms with Gasteiger partial charge in [-0.15, -0.1) is 0 Å². The van der Waals surface area contributed by atoms with Gasteiger partial charge in [0, 0.05) is 23.6 Å². The zero-order valence-electron chi connectivity index (χ0n) is 20.1. The molecule has 0 aromatic heterocycles. The summed E-state index contributed by atoms with van der Waals surface area (Å²) in [7, 11) is 0. The number of aromatic hydroxyl groups is 2. The van der Waals surface area contributed by atoms with Crippen LogP contribution >= 0.6 is 15.9 Å². The highest BCUT2D eigenvalue weighted by Gasteiger charge is 2.40. The molecule has 1 aromatic rings. The lowest BCUT2D eigenvalue weighted by atomic mass is 9.72. The van der Waals surface area contributed by atoms with Gasteiger partial charge in [0.1, 0.15) is 17.1 Å². The first kappa shape index (κ1) is 24.7. The molecule has 2 N–H and O–H groups in total. The number of anilines is 1. The summed E-state index contributed by atoms with van der Waals surface area (Å²) < 4.78 is 6.06. The number of carbonyl (C=O) groups is 1. The lowest BCUT2D eigenvalue weighted by Gasteiger charge is -2.38. The summed E-state index contributed by atoms with van der Waals surface area (Å²) in [6.45, 7) is 16.3. The van der Waals surface area contributed by atoms with Crippen LogP contribution < -0.4 is 4.90 Å². The van der Waals surface area contributed by atoms with E-state index in [9.17, 15) is 15.0 Å². The number of phenols is 2. The molecule has 1 heterocycles. The molecule has 3 rings (SSSR count). The van der Waals surface area contributed by atoms with E-state index in [1.54, 1.807) is 0 Å². The van der Waals surface area contributed by atoms with E-state index in [4.69, 9.17) is 4.74 Å². The van der Waals surface area contributed by atoms with Gasteiger partial charge in [0.05, 0.1) is 10.2 Å². The minimum atomic E-state index is -0.644. The molecule has 0 fully saturated rings. The maximum atomic E-state index is 13.0. The number of rotatable bonds is 3. The van der Waals surface area contributed by atoms with Crippen molar-refractivity contribution < 1.29 is 19.7 Å². The van der Waals surface area contributed by atoms with Gasteiger partial charge < -0.3 is 14.9 Å². The molecule has 0 bridgehead atoms. The standard InChI is InChI=1S/C26H36BrNO4/c1-8-16-11-12-28(25(31)32-26(5,6)7)22-19(16)23(29)20(24(30)21(22)27)18-13-15(4)9-10-17(18)14(2)3/h13,16-18,29-30H,2,8-12H2,1,3-7H3/t16-,17+,18-/m1/s1. The molecule has 176 valence electrons. The molecular formula is C26H36BrNO4. The number of fused-ring (bicyclic) bond motifs is 1. The summed E-state index contributed by atoms with van der Waals surface area (Å²) in [5.74, 6) is 0.108. The highest BCUT2D eigenvalue weighted by Crippen LogP contribution is 2.56. The molecule has 1 aromatic carbocycles. The Morgan fingerprint density at radius 1 is 1.25 bits per heavy atom. The fourth-order valence-corrected chi connectivity index (χ4v) is 5.68. The Labute approximate surface area is 200 Å². The Kier molecular flexibility index (Phi) is 7.04. The van der Waals surface area contributed by atoms with Crippen molar-refractivity contribution in [3.63, 3.8) is 0 Å². The minimum absolute atomic E-state index is 0.0197. The van der Waals surface area contributed by atoms with E-state index in [0.29, 0.717) is 27.8 Å². The zero-order valence-corrected chi connectivity index (χ0v) is 21.7. The first-order chi connectivity index (χ1) is 14.9. The summed E-state index contributed by atoms with van der Waals surface area (Å²) in [5, 5.41) is 22.9. The second-order valence-electron chi connectivity index (χ2n) is 10.2. The average molecular weight is 506 g/mol. The van der Waals surface area contributed by atoms with Crippen molar-refractivity contribution in [3.05, 3.63) is 39.4 Å². The van der Waals surface area contributed by atoms with Crippen molar-refractivity contribution in [1.82, 2.24) is 0 Å². The highest BCUT2D eigenvalue weighted by molar-refractivity contribution is 9.10. The lowest BCUT2D eigenvalue weighted by molar-refractivity contribution is 0.0576. The molecule has 3 atom stereocenters. The number of phenolic OH excluding ortho intramolecular Hbond substituents is 2. The van der Waals surface area contributed by atoms with E-state index in [1.807, 2.05) is 27.7 Å². The number of nitrogens with zero attached hydrogens (tertiary/aromatic N) is 1. The second-order valence-corrected chi connectivity index (χ2v) is 11.0. The molecule has 2 aliphatic rings. The quantitative estimate of drug-likeness (QED) is 0.416. The summed E-state index contributed by atoms with van der Waals surface area (Å²) in [6.07, 6.45) is 5.11. The van der Waals surface area contributed by atoms with Crippen LogP contribution in [0.2, 0.25) is 0 Å². The fourth-order valence-electron chi connectivity index (χ4n) is 5.04. The summed E-state index contributed by atoms with van der Waals surface area (Å²) in [5.41, 5.74) is 3.37. The third-order valence-electron chi connectivity index (χ3n) is 6.64. The number of allylic oxidation sites excluding steroid dienone is 3. The largest absolute Gasteiger partial charge is 0.507 e. The van der Waals surface area contributed by atoms with Crippen LogP contribution in [-0.2, 0) is 4.74 Å². The van der Waals surface area contributed by atoms with E-state index in [1.165, 1.54) is 10.5 Å². The number of amides is 1. The van der Waals surface area contributed by atoms with Crippen molar-refractivity contribution in [2.75, 3.05) is 11.4 Å². The third-order valence-corrected chi connectivity index (χ3v) is 7.39. The van der Waals surface area contributed by atoms with Crippen LogP contribution in [0.4, 0.5) is 10.5 Å². The van der Waals surface area contributed by atoms with Crippen LogP contribution in [0.5, 0.6) is 11.5 Å².